The van der Waals surface area contributed by atoms with Gasteiger partial charge in [0.25, 0.3) is 0 Å². The summed E-state index contributed by atoms with van der Waals surface area (Å²) in [5, 5.41) is 3.24. The van der Waals surface area contributed by atoms with Crippen molar-refractivity contribution >= 4 is 5.91 Å². The molecule has 1 heterocycles. The maximum absolute atomic E-state index is 11.6. The first-order chi connectivity index (χ1) is 7.67. The lowest BCUT2D eigenvalue weighted by atomic mass is 10.1. The summed E-state index contributed by atoms with van der Waals surface area (Å²) in [6, 6.07) is 0.595. The fourth-order valence-corrected chi connectivity index (χ4v) is 2.24. The van der Waals surface area contributed by atoms with Crippen LogP contribution >= 0.6 is 0 Å². The van der Waals surface area contributed by atoms with Crippen LogP contribution in [-0.2, 0) is 4.79 Å². The molecule has 1 amide bonds. The molecule has 1 fully saturated rings. The zero-order valence-electron chi connectivity index (χ0n) is 11.0. The quantitative estimate of drug-likeness (QED) is 0.674. The molecule has 0 spiro atoms. The van der Waals surface area contributed by atoms with E-state index in [1.807, 2.05) is 7.05 Å². The molecule has 3 heteroatoms. The van der Waals surface area contributed by atoms with Gasteiger partial charge in [-0.05, 0) is 32.7 Å². The van der Waals surface area contributed by atoms with Gasteiger partial charge in [-0.15, -0.1) is 0 Å². The highest BCUT2D eigenvalue weighted by molar-refractivity contribution is 5.78. The smallest absolute Gasteiger partial charge is 0.222 e. The van der Waals surface area contributed by atoms with Crippen LogP contribution < -0.4 is 5.32 Å². The van der Waals surface area contributed by atoms with Gasteiger partial charge >= 0.3 is 0 Å². The third-order valence-electron chi connectivity index (χ3n) is 3.68. The average Bonchev–Trinajstić information content (AvgIpc) is 2.65. The van der Waals surface area contributed by atoms with Gasteiger partial charge in [0.05, 0.1) is 0 Å². The van der Waals surface area contributed by atoms with E-state index in [4.69, 9.17) is 0 Å². The predicted octanol–water partition coefficient (Wildman–Crippen LogP) is 2.02. The normalized spacial score (nSPS) is 22.8. The van der Waals surface area contributed by atoms with Gasteiger partial charge in [-0.1, -0.05) is 19.8 Å². The van der Waals surface area contributed by atoms with Gasteiger partial charge in [-0.3, -0.25) is 4.79 Å². The topological polar surface area (TPSA) is 32.3 Å². The Balaban J connectivity index is 2.11. The Morgan fingerprint density at radius 1 is 1.50 bits per heavy atom. The number of rotatable bonds is 7. The molecule has 0 saturated carbocycles. The standard InChI is InChI=1S/C13H26N2O/c1-4-12-9-13(16)15(10-12)8-6-5-7-11(2)14-3/h11-12,14H,4-10H2,1-3H3. The summed E-state index contributed by atoms with van der Waals surface area (Å²) in [4.78, 5) is 13.7. The largest absolute Gasteiger partial charge is 0.342 e. The summed E-state index contributed by atoms with van der Waals surface area (Å²) in [6.45, 7) is 6.34. The van der Waals surface area contributed by atoms with E-state index in [0.717, 1.165) is 32.4 Å². The molecule has 1 aliphatic heterocycles. The van der Waals surface area contributed by atoms with E-state index in [0.29, 0.717) is 17.9 Å². The number of amides is 1. The van der Waals surface area contributed by atoms with E-state index < -0.39 is 0 Å². The van der Waals surface area contributed by atoms with Crippen molar-refractivity contribution in [2.75, 3.05) is 20.1 Å². The molecule has 16 heavy (non-hydrogen) atoms. The second kappa shape index (κ2) is 6.89. The molecule has 1 aliphatic rings. The van der Waals surface area contributed by atoms with Crippen LogP contribution in [-0.4, -0.2) is 37.0 Å². The Labute approximate surface area is 99.6 Å². The zero-order valence-corrected chi connectivity index (χ0v) is 11.0. The van der Waals surface area contributed by atoms with Gasteiger partial charge in [-0.25, -0.2) is 0 Å². The molecule has 1 rings (SSSR count). The van der Waals surface area contributed by atoms with Crippen LogP contribution in [0.25, 0.3) is 0 Å². The maximum Gasteiger partial charge on any atom is 0.222 e. The van der Waals surface area contributed by atoms with Gasteiger partial charge in [0.1, 0.15) is 0 Å². The lowest BCUT2D eigenvalue weighted by molar-refractivity contribution is -0.127. The number of carbonyl (C=O) groups is 1. The molecule has 0 bridgehead atoms. The number of unbranched alkanes of at least 4 members (excludes halogenated alkanes) is 1. The van der Waals surface area contributed by atoms with Crippen LogP contribution in [0.4, 0.5) is 0 Å². The minimum Gasteiger partial charge on any atom is -0.342 e. The van der Waals surface area contributed by atoms with Gasteiger partial charge < -0.3 is 10.2 Å². The Morgan fingerprint density at radius 3 is 2.81 bits per heavy atom. The summed E-state index contributed by atoms with van der Waals surface area (Å²) in [7, 11) is 2.00. The number of likely N-dealkylation sites (tertiary alicyclic amines) is 1. The first-order valence-electron chi connectivity index (χ1n) is 6.62. The number of nitrogens with one attached hydrogen (secondary N) is 1. The van der Waals surface area contributed by atoms with Crippen LogP contribution in [0.2, 0.25) is 0 Å². The monoisotopic (exact) mass is 226 g/mol. The summed E-state index contributed by atoms with van der Waals surface area (Å²) >= 11 is 0. The fraction of sp³-hybridized carbons (Fsp3) is 0.923. The first kappa shape index (κ1) is 13.5. The molecule has 0 aliphatic carbocycles. The molecule has 1 saturated heterocycles. The fourth-order valence-electron chi connectivity index (χ4n) is 2.24. The molecule has 94 valence electrons. The molecular formula is C13H26N2O. The molecule has 2 atom stereocenters. The van der Waals surface area contributed by atoms with Crippen molar-refractivity contribution in [3.63, 3.8) is 0 Å². The third-order valence-corrected chi connectivity index (χ3v) is 3.68. The predicted molar refractivity (Wildman–Crippen MR) is 67.4 cm³/mol. The zero-order chi connectivity index (χ0) is 12.0. The lowest BCUT2D eigenvalue weighted by Crippen LogP contribution is -2.27. The summed E-state index contributed by atoms with van der Waals surface area (Å²) < 4.78 is 0. The summed E-state index contributed by atoms with van der Waals surface area (Å²) in [5.74, 6) is 0.984. The van der Waals surface area contributed by atoms with E-state index in [-0.39, 0.29) is 0 Å². The number of hydrogen-bond donors (Lipinski definition) is 1. The van der Waals surface area contributed by atoms with Crippen molar-refractivity contribution in [2.45, 2.75) is 52.0 Å². The Kier molecular flexibility index (Phi) is 5.81. The second-order valence-corrected chi connectivity index (χ2v) is 5.00. The summed E-state index contributed by atoms with van der Waals surface area (Å²) in [5.41, 5.74) is 0. The number of hydrogen-bond acceptors (Lipinski definition) is 2. The lowest BCUT2D eigenvalue weighted by Gasteiger charge is -2.17. The van der Waals surface area contributed by atoms with Crippen molar-refractivity contribution in [2.24, 2.45) is 5.92 Å². The SMILES string of the molecule is CCC1CC(=O)N(CCCCC(C)NC)C1. The van der Waals surface area contributed by atoms with Crippen LogP contribution in [0, 0.1) is 5.92 Å². The highest BCUT2D eigenvalue weighted by Crippen LogP contribution is 2.20. The highest BCUT2D eigenvalue weighted by Gasteiger charge is 2.27. The maximum atomic E-state index is 11.6. The van der Waals surface area contributed by atoms with E-state index in [9.17, 15) is 4.79 Å². The molecule has 0 aromatic carbocycles. The van der Waals surface area contributed by atoms with Gasteiger partial charge in [0.15, 0.2) is 0 Å². The molecule has 0 aromatic heterocycles. The second-order valence-electron chi connectivity index (χ2n) is 5.00. The average molecular weight is 226 g/mol. The van der Waals surface area contributed by atoms with Gasteiger partial charge in [0, 0.05) is 25.6 Å². The summed E-state index contributed by atoms with van der Waals surface area (Å²) in [6.07, 6.45) is 5.48. The van der Waals surface area contributed by atoms with Crippen molar-refractivity contribution in [3.05, 3.63) is 0 Å². The molecule has 3 nitrogen and oxygen atoms in total. The van der Waals surface area contributed by atoms with Crippen molar-refractivity contribution < 1.29 is 4.79 Å². The third kappa shape index (κ3) is 4.12. The van der Waals surface area contributed by atoms with Crippen molar-refractivity contribution in [1.82, 2.24) is 10.2 Å². The van der Waals surface area contributed by atoms with E-state index in [2.05, 4.69) is 24.1 Å². The van der Waals surface area contributed by atoms with E-state index in [1.165, 1.54) is 12.8 Å². The molecule has 1 N–H and O–H groups in total. The molecule has 0 radical (unpaired) electrons. The number of nitrogens with zero attached hydrogens (tertiary/aromatic N) is 1. The van der Waals surface area contributed by atoms with Crippen LogP contribution in [0.3, 0.4) is 0 Å². The van der Waals surface area contributed by atoms with E-state index >= 15 is 0 Å². The van der Waals surface area contributed by atoms with E-state index in [1.54, 1.807) is 0 Å². The minimum absolute atomic E-state index is 0.369. The van der Waals surface area contributed by atoms with Crippen LogP contribution in [0.5, 0.6) is 0 Å². The highest BCUT2D eigenvalue weighted by atomic mass is 16.2. The van der Waals surface area contributed by atoms with Gasteiger partial charge in [-0.2, -0.15) is 0 Å². The Morgan fingerprint density at radius 2 is 2.25 bits per heavy atom. The van der Waals surface area contributed by atoms with Crippen molar-refractivity contribution in [1.29, 1.82) is 0 Å². The molecule has 0 aromatic rings. The molecule has 2 unspecified atom stereocenters. The molecular weight excluding hydrogens is 200 g/mol. The Bertz CT molecular complexity index is 218. The van der Waals surface area contributed by atoms with Gasteiger partial charge in [0.2, 0.25) is 5.91 Å². The number of carbonyl (C=O) groups excluding carboxylic acids is 1. The van der Waals surface area contributed by atoms with Crippen LogP contribution in [0.15, 0.2) is 0 Å². The Hall–Kier alpha value is -0.570. The first-order valence-corrected chi connectivity index (χ1v) is 6.62. The van der Waals surface area contributed by atoms with Crippen LogP contribution in [0.1, 0.15) is 46.0 Å². The minimum atomic E-state index is 0.369. The van der Waals surface area contributed by atoms with Crippen molar-refractivity contribution in [3.8, 4) is 0 Å².